The fraction of sp³-hybridized carbons (Fsp3) is 0.500. The van der Waals surface area contributed by atoms with Crippen molar-refractivity contribution < 1.29 is 15.0 Å². The summed E-state index contributed by atoms with van der Waals surface area (Å²) in [7, 11) is 0. The molecule has 1 atom stereocenters. The second-order valence-corrected chi connectivity index (χ2v) is 4.47. The van der Waals surface area contributed by atoms with E-state index in [9.17, 15) is 15.0 Å². The standard InChI is InChI=1S/C14H20O3/c1-3-4-11(15)6-5-10(2)13-8-7-12(16)9-14(13)17/h7-10,16-17H,3-6H2,1-2H3. The molecule has 17 heavy (non-hydrogen) atoms. The summed E-state index contributed by atoms with van der Waals surface area (Å²) in [6.45, 7) is 3.97. The van der Waals surface area contributed by atoms with Crippen molar-refractivity contribution in [3.63, 3.8) is 0 Å². The van der Waals surface area contributed by atoms with Gasteiger partial charge in [0.2, 0.25) is 0 Å². The van der Waals surface area contributed by atoms with Crippen LogP contribution in [0.5, 0.6) is 11.5 Å². The molecule has 3 heteroatoms. The number of phenolic OH excluding ortho intramolecular Hbond substituents is 2. The van der Waals surface area contributed by atoms with Crippen LogP contribution in [-0.4, -0.2) is 16.0 Å². The summed E-state index contributed by atoms with van der Waals surface area (Å²) in [5.74, 6) is 0.551. The Balaban J connectivity index is 2.57. The molecule has 1 aromatic carbocycles. The van der Waals surface area contributed by atoms with E-state index in [4.69, 9.17) is 0 Å². The van der Waals surface area contributed by atoms with Gasteiger partial charge in [0.15, 0.2) is 0 Å². The maximum absolute atomic E-state index is 11.4. The first-order valence-electron chi connectivity index (χ1n) is 6.08. The summed E-state index contributed by atoms with van der Waals surface area (Å²) >= 11 is 0. The van der Waals surface area contributed by atoms with Crippen molar-refractivity contribution in [1.29, 1.82) is 0 Å². The Morgan fingerprint density at radius 1 is 1.29 bits per heavy atom. The van der Waals surface area contributed by atoms with Crippen molar-refractivity contribution >= 4 is 5.78 Å². The maximum Gasteiger partial charge on any atom is 0.132 e. The summed E-state index contributed by atoms with van der Waals surface area (Å²) in [4.78, 5) is 11.4. The van der Waals surface area contributed by atoms with Gasteiger partial charge in [-0.15, -0.1) is 0 Å². The summed E-state index contributed by atoms with van der Waals surface area (Å²) in [5.41, 5.74) is 0.784. The number of Topliss-reactive ketones (excluding diaryl/α,β-unsaturated/α-hetero) is 1. The molecule has 0 spiro atoms. The first kappa shape index (κ1) is 13.6. The number of ketones is 1. The fourth-order valence-electron chi connectivity index (χ4n) is 1.89. The second kappa shape index (κ2) is 6.28. The highest BCUT2D eigenvalue weighted by atomic mass is 16.3. The maximum atomic E-state index is 11.4. The van der Waals surface area contributed by atoms with Crippen molar-refractivity contribution in [1.82, 2.24) is 0 Å². The summed E-state index contributed by atoms with van der Waals surface area (Å²) in [5, 5.41) is 18.9. The quantitative estimate of drug-likeness (QED) is 0.796. The van der Waals surface area contributed by atoms with E-state index < -0.39 is 0 Å². The lowest BCUT2D eigenvalue weighted by atomic mass is 9.93. The normalized spacial score (nSPS) is 12.4. The van der Waals surface area contributed by atoms with Gasteiger partial charge in [0, 0.05) is 18.9 Å². The van der Waals surface area contributed by atoms with E-state index in [1.807, 2.05) is 13.8 Å². The molecule has 0 amide bonds. The average molecular weight is 236 g/mol. The summed E-state index contributed by atoms with van der Waals surface area (Å²) in [6.07, 6.45) is 2.80. The van der Waals surface area contributed by atoms with Gasteiger partial charge in [0.1, 0.15) is 17.3 Å². The zero-order chi connectivity index (χ0) is 12.8. The van der Waals surface area contributed by atoms with E-state index in [0.29, 0.717) is 12.8 Å². The van der Waals surface area contributed by atoms with Crippen molar-refractivity contribution in [2.75, 3.05) is 0 Å². The second-order valence-electron chi connectivity index (χ2n) is 4.47. The first-order chi connectivity index (χ1) is 8.04. The number of aromatic hydroxyl groups is 2. The molecule has 3 nitrogen and oxygen atoms in total. The van der Waals surface area contributed by atoms with Gasteiger partial charge in [-0.2, -0.15) is 0 Å². The Labute approximate surface area is 102 Å². The Kier molecular flexibility index (Phi) is 5.01. The molecule has 0 aliphatic carbocycles. The molecule has 0 fully saturated rings. The molecular formula is C14H20O3. The molecule has 0 bridgehead atoms. The zero-order valence-electron chi connectivity index (χ0n) is 10.4. The monoisotopic (exact) mass is 236 g/mol. The summed E-state index contributed by atoms with van der Waals surface area (Å²) in [6, 6.07) is 4.60. The third-order valence-electron chi connectivity index (χ3n) is 2.93. The van der Waals surface area contributed by atoms with Crippen molar-refractivity contribution in [3.8, 4) is 11.5 Å². The Morgan fingerprint density at radius 3 is 2.59 bits per heavy atom. The van der Waals surface area contributed by atoms with Crippen LogP contribution >= 0.6 is 0 Å². The smallest absolute Gasteiger partial charge is 0.132 e. The molecular weight excluding hydrogens is 216 g/mol. The van der Waals surface area contributed by atoms with Crippen LogP contribution in [0.25, 0.3) is 0 Å². The third kappa shape index (κ3) is 4.10. The van der Waals surface area contributed by atoms with Gasteiger partial charge in [0.25, 0.3) is 0 Å². The summed E-state index contributed by atoms with van der Waals surface area (Å²) < 4.78 is 0. The molecule has 0 heterocycles. The Bertz CT molecular complexity index is 385. The molecule has 1 unspecified atom stereocenters. The number of hydrogen-bond acceptors (Lipinski definition) is 3. The number of carbonyl (C=O) groups excluding carboxylic acids is 1. The molecule has 1 aromatic rings. The van der Waals surface area contributed by atoms with Gasteiger partial charge in [-0.1, -0.05) is 19.9 Å². The number of phenols is 2. The van der Waals surface area contributed by atoms with Crippen molar-refractivity contribution in [2.45, 2.75) is 45.4 Å². The van der Waals surface area contributed by atoms with Crippen LogP contribution in [0.2, 0.25) is 0 Å². The van der Waals surface area contributed by atoms with E-state index >= 15 is 0 Å². The molecule has 0 saturated carbocycles. The molecule has 2 N–H and O–H groups in total. The van der Waals surface area contributed by atoms with Gasteiger partial charge in [-0.05, 0) is 30.4 Å². The largest absolute Gasteiger partial charge is 0.508 e. The fourth-order valence-corrected chi connectivity index (χ4v) is 1.89. The average Bonchev–Trinajstić information content (AvgIpc) is 2.26. The third-order valence-corrected chi connectivity index (χ3v) is 2.93. The Morgan fingerprint density at radius 2 is 2.00 bits per heavy atom. The SMILES string of the molecule is CCCC(=O)CCC(C)c1ccc(O)cc1O. The van der Waals surface area contributed by atoms with Crippen LogP contribution in [0, 0.1) is 0 Å². The molecule has 0 saturated heterocycles. The van der Waals surface area contributed by atoms with Gasteiger partial charge in [-0.25, -0.2) is 0 Å². The van der Waals surface area contributed by atoms with E-state index in [-0.39, 0.29) is 23.2 Å². The lowest BCUT2D eigenvalue weighted by Gasteiger charge is -2.13. The van der Waals surface area contributed by atoms with Gasteiger partial charge in [-0.3, -0.25) is 4.79 Å². The zero-order valence-corrected chi connectivity index (χ0v) is 10.4. The minimum absolute atomic E-state index is 0.0560. The van der Waals surface area contributed by atoms with Crippen LogP contribution in [0.1, 0.15) is 51.0 Å². The number of carbonyl (C=O) groups is 1. The van der Waals surface area contributed by atoms with Gasteiger partial charge < -0.3 is 10.2 Å². The van der Waals surface area contributed by atoms with E-state index in [1.165, 1.54) is 6.07 Å². The van der Waals surface area contributed by atoms with Crippen LogP contribution in [0.4, 0.5) is 0 Å². The molecule has 0 aromatic heterocycles. The molecule has 1 rings (SSSR count). The highest BCUT2D eigenvalue weighted by molar-refractivity contribution is 5.78. The van der Waals surface area contributed by atoms with E-state index in [2.05, 4.69) is 0 Å². The highest BCUT2D eigenvalue weighted by Gasteiger charge is 2.12. The molecule has 0 radical (unpaired) electrons. The minimum atomic E-state index is 0.0560. The van der Waals surface area contributed by atoms with Gasteiger partial charge >= 0.3 is 0 Å². The van der Waals surface area contributed by atoms with Crippen LogP contribution in [0.3, 0.4) is 0 Å². The van der Waals surface area contributed by atoms with Crippen molar-refractivity contribution in [3.05, 3.63) is 23.8 Å². The molecule has 0 aliphatic rings. The minimum Gasteiger partial charge on any atom is -0.508 e. The van der Waals surface area contributed by atoms with Crippen LogP contribution in [0.15, 0.2) is 18.2 Å². The van der Waals surface area contributed by atoms with Gasteiger partial charge in [0.05, 0.1) is 0 Å². The first-order valence-corrected chi connectivity index (χ1v) is 6.08. The Hall–Kier alpha value is -1.51. The van der Waals surface area contributed by atoms with Crippen LogP contribution < -0.4 is 0 Å². The number of hydrogen-bond donors (Lipinski definition) is 2. The topological polar surface area (TPSA) is 57.5 Å². The predicted molar refractivity (Wildman–Crippen MR) is 67.3 cm³/mol. The highest BCUT2D eigenvalue weighted by Crippen LogP contribution is 2.31. The number of benzene rings is 1. The lowest BCUT2D eigenvalue weighted by Crippen LogP contribution is -2.01. The van der Waals surface area contributed by atoms with Crippen LogP contribution in [-0.2, 0) is 4.79 Å². The van der Waals surface area contributed by atoms with Crippen molar-refractivity contribution in [2.24, 2.45) is 0 Å². The predicted octanol–water partition coefficient (Wildman–Crippen LogP) is 3.35. The van der Waals surface area contributed by atoms with E-state index in [1.54, 1.807) is 12.1 Å². The molecule has 0 aliphatic heterocycles. The number of rotatable bonds is 6. The lowest BCUT2D eigenvalue weighted by molar-refractivity contribution is -0.119. The molecule has 94 valence electrons. The van der Waals surface area contributed by atoms with E-state index in [0.717, 1.165) is 18.4 Å².